The van der Waals surface area contributed by atoms with E-state index in [0.717, 1.165) is 12.5 Å². The summed E-state index contributed by atoms with van der Waals surface area (Å²) in [5.74, 6) is -0.660. The number of hydrogen-bond donors (Lipinski definition) is 0. The van der Waals surface area contributed by atoms with E-state index in [1.54, 1.807) is 18.3 Å². The normalized spacial score (nSPS) is 21.9. The number of hydrogen-bond acceptors (Lipinski definition) is 1. The molecule has 0 saturated heterocycles. The second kappa shape index (κ2) is 7.48. The Hall–Kier alpha value is -1.77. The van der Waals surface area contributed by atoms with Gasteiger partial charge in [-0.25, -0.2) is 8.78 Å². The van der Waals surface area contributed by atoms with Gasteiger partial charge in [-0.3, -0.25) is 4.98 Å². The Labute approximate surface area is 131 Å². The molecule has 1 aromatic heterocycles. The van der Waals surface area contributed by atoms with Gasteiger partial charge in [-0.15, -0.1) is 0 Å². The summed E-state index contributed by atoms with van der Waals surface area (Å²) in [6, 6.07) is 5.43. The van der Waals surface area contributed by atoms with Crippen LogP contribution in [0.2, 0.25) is 0 Å². The van der Waals surface area contributed by atoms with Gasteiger partial charge in [0.15, 0.2) is 0 Å². The summed E-state index contributed by atoms with van der Waals surface area (Å²) in [5, 5.41) is 0. The van der Waals surface area contributed by atoms with Crippen molar-refractivity contribution >= 4 is 5.57 Å². The lowest BCUT2D eigenvalue weighted by molar-refractivity contribution is 0.319. The number of aromatic nitrogens is 1. The SMILES string of the molecule is CC=CC(C(C)CC)C1CC(F)=CC(F)=C1c1ccccn1. The fraction of sp³-hybridized carbons (Fsp3) is 0.421. The number of halogens is 2. The van der Waals surface area contributed by atoms with Gasteiger partial charge in [-0.1, -0.05) is 38.5 Å². The van der Waals surface area contributed by atoms with Crippen molar-refractivity contribution in [2.45, 2.75) is 33.6 Å². The van der Waals surface area contributed by atoms with Crippen molar-refractivity contribution < 1.29 is 8.78 Å². The summed E-state index contributed by atoms with van der Waals surface area (Å²) in [6.07, 6.45) is 7.90. The Bertz CT molecular complexity index is 587. The number of rotatable bonds is 5. The van der Waals surface area contributed by atoms with Crippen molar-refractivity contribution in [3.63, 3.8) is 0 Å². The predicted octanol–water partition coefficient (Wildman–Crippen LogP) is 5.87. The number of nitrogens with zero attached hydrogens (tertiary/aromatic N) is 1. The van der Waals surface area contributed by atoms with Crippen LogP contribution >= 0.6 is 0 Å². The van der Waals surface area contributed by atoms with Gasteiger partial charge in [-0.05, 0) is 30.9 Å². The maximum Gasteiger partial charge on any atom is 0.131 e. The third-order valence-corrected chi connectivity index (χ3v) is 4.45. The minimum atomic E-state index is -0.495. The Morgan fingerprint density at radius 1 is 1.36 bits per heavy atom. The zero-order chi connectivity index (χ0) is 16.1. The standard InChI is InChI=1S/C19H23F2N/c1-4-8-15(13(3)5-2)16-11-14(20)12-17(21)19(16)18-9-6-7-10-22-18/h4,6-10,12-13,15-16H,5,11H2,1-3H3. The highest BCUT2D eigenvalue weighted by atomic mass is 19.1. The topological polar surface area (TPSA) is 12.9 Å². The zero-order valence-corrected chi connectivity index (χ0v) is 13.4. The van der Waals surface area contributed by atoms with Crippen molar-refractivity contribution in [3.05, 3.63) is 60.0 Å². The summed E-state index contributed by atoms with van der Waals surface area (Å²) in [5.41, 5.74) is 1.14. The van der Waals surface area contributed by atoms with Crippen LogP contribution in [0.1, 0.15) is 39.3 Å². The van der Waals surface area contributed by atoms with Gasteiger partial charge in [0.1, 0.15) is 11.7 Å². The van der Waals surface area contributed by atoms with E-state index in [2.05, 4.69) is 24.9 Å². The van der Waals surface area contributed by atoms with Gasteiger partial charge in [0.2, 0.25) is 0 Å². The number of allylic oxidation sites excluding steroid dienone is 6. The second-order valence-electron chi connectivity index (χ2n) is 5.87. The molecule has 1 aromatic rings. The van der Waals surface area contributed by atoms with E-state index in [1.165, 1.54) is 0 Å². The van der Waals surface area contributed by atoms with E-state index < -0.39 is 5.83 Å². The molecular weight excluding hydrogens is 280 g/mol. The summed E-state index contributed by atoms with van der Waals surface area (Å²) >= 11 is 0. The number of pyridine rings is 1. The molecule has 0 aliphatic heterocycles. The second-order valence-corrected chi connectivity index (χ2v) is 5.87. The monoisotopic (exact) mass is 303 g/mol. The fourth-order valence-corrected chi connectivity index (χ4v) is 3.14. The Balaban J connectivity index is 2.50. The lowest BCUT2D eigenvalue weighted by Gasteiger charge is -2.32. The van der Waals surface area contributed by atoms with Crippen LogP contribution in [-0.4, -0.2) is 4.98 Å². The maximum atomic E-state index is 14.5. The van der Waals surface area contributed by atoms with E-state index in [9.17, 15) is 8.78 Å². The highest BCUT2D eigenvalue weighted by Crippen LogP contribution is 2.44. The van der Waals surface area contributed by atoms with Gasteiger partial charge < -0.3 is 0 Å². The molecule has 3 unspecified atom stereocenters. The smallest absolute Gasteiger partial charge is 0.131 e. The van der Waals surface area contributed by atoms with Crippen LogP contribution in [-0.2, 0) is 0 Å². The molecule has 0 spiro atoms. The molecule has 22 heavy (non-hydrogen) atoms. The molecule has 118 valence electrons. The van der Waals surface area contributed by atoms with Crippen LogP contribution in [0, 0.1) is 17.8 Å². The minimum Gasteiger partial charge on any atom is -0.256 e. The van der Waals surface area contributed by atoms with Crippen molar-refractivity contribution in [2.75, 3.05) is 0 Å². The van der Waals surface area contributed by atoms with Crippen LogP contribution in [0.3, 0.4) is 0 Å². The molecule has 0 saturated carbocycles. The summed E-state index contributed by atoms with van der Waals surface area (Å²) < 4.78 is 28.4. The van der Waals surface area contributed by atoms with E-state index in [-0.39, 0.29) is 24.1 Å². The molecule has 2 rings (SSSR count). The van der Waals surface area contributed by atoms with Gasteiger partial charge in [0, 0.05) is 30.2 Å². The lowest BCUT2D eigenvalue weighted by Crippen LogP contribution is -2.24. The van der Waals surface area contributed by atoms with Crippen molar-refractivity contribution in [1.29, 1.82) is 0 Å². The largest absolute Gasteiger partial charge is 0.256 e. The quantitative estimate of drug-likeness (QED) is 0.619. The molecule has 0 N–H and O–H groups in total. The first-order chi connectivity index (χ1) is 10.6. The van der Waals surface area contributed by atoms with Crippen molar-refractivity contribution in [1.82, 2.24) is 4.98 Å². The first-order valence-corrected chi connectivity index (χ1v) is 7.88. The molecule has 0 radical (unpaired) electrons. The third-order valence-electron chi connectivity index (χ3n) is 4.45. The molecule has 3 atom stereocenters. The molecule has 1 heterocycles. The molecule has 0 amide bonds. The van der Waals surface area contributed by atoms with Crippen LogP contribution in [0.15, 0.2) is 54.3 Å². The first-order valence-electron chi connectivity index (χ1n) is 7.88. The van der Waals surface area contributed by atoms with Gasteiger partial charge in [0.05, 0.1) is 5.69 Å². The fourth-order valence-electron chi connectivity index (χ4n) is 3.14. The molecule has 1 aliphatic rings. The average molecular weight is 303 g/mol. The average Bonchev–Trinajstić information content (AvgIpc) is 2.52. The van der Waals surface area contributed by atoms with Crippen LogP contribution in [0.25, 0.3) is 5.57 Å². The maximum absolute atomic E-state index is 14.5. The molecule has 1 nitrogen and oxygen atoms in total. The Morgan fingerprint density at radius 3 is 2.73 bits per heavy atom. The van der Waals surface area contributed by atoms with Gasteiger partial charge in [-0.2, -0.15) is 0 Å². The van der Waals surface area contributed by atoms with Crippen molar-refractivity contribution in [3.8, 4) is 0 Å². The van der Waals surface area contributed by atoms with E-state index in [0.29, 0.717) is 17.2 Å². The minimum absolute atomic E-state index is 0.0946. The molecule has 0 aromatic carbocycles. The zero-order valence-electron chi connectivity index (χ0n) is 13.4. The third kappa shape index (κ3) is 3.52. The molecular formula is C19H23F2N. The molecule has 3 heteroatoms. The summed E-state index contributed by atoms with van der Waals surface area (Å²) in [4.78, 5) is 4.28. The summed E-state index contributed by atoms with van der Waals surface area (Å²) in [6.45, 7) is 6.19. The Kier molecular flexibility index (Phi) is 5.64. The predicted molar refractivity (Wildman–Crippen MR) is 87.3 cm³/mol. The van der Waals surface area contributed by atoms with E-state index >= 15 is 0 Å². The molecule has 0 fully saturated rings. The van der Waals surface area contributed by atoms with Gasteiger partial charge in [0.25, 0.3) is 0 Å². The van der Waals surface area contributed by atoms with E-state index in [1.807, 2.05) is 19.1 Å². The Morgan fingerprint density at radius 2 is 2.14 bits per heavy atom. The lowest BCUT2D eigenvalue weighted by atomic mass is 9.72. The highest BCUT2D eigenvalue weighted by molar-refractivity contribution is 5.71. The van der Waals surface area contributed by atoms with E-state index in [4.69, 9.17) is 0 Å². The van der Waals surface area contributed by atoms with Crippen LogP contribution in [0.4, 0.5) is 8.78 Å². The highest BCUT2D eigenvalue weighted by Gasteiger charge is 2.33. The van der Waals surface area contributed by atoms with Crippen LogP contribution < -0.4 is 0 Å². The molecule has 1 aliphatic carbocycles. The summed E-state index contributed by atoms with van der Waals surface area (Å²) in [7, 11) is 0. The van der Waals surface area contributed by atoms with Gasteiger partial charge >= 0.3 is 0 Å². The van der Waals surface area contributed by atoms with Crippen molar-refractivity contribution in [2.24, 2.45) is 17.8 Å². The first kappa shape index (κ1) is 16.6. The van der Waals surface area contributed by atoms with Crippen LogP contribution in [0.5, 0.6) is 0 Å². The molecule has 0 bridgehead atoms.